The zero-order valence-corrected chi connectivity index (χ0v) is 15.2. The number of carbonyl (C=O) groups excluding carboxylic acids is 4. The lowest BCUT2D eigenvalue weighted by Crippen LogP contribution is -2.65. The molecule has 1 aromatic rings. The molecule has 1 aromatic carbocycles. The predicted octanol–water partition coefficient (Wildman–Crippen LogP) is 3.39. The summed E-state index contributed by atoms with van der Waals surface area (Å²) in [5, 5.41) is 2.48. The summed E-state index contributed by atoms with van der Waals surface area (Å²) in [5.74, 6) is -1.92. The molecule has 1 fully saturated rings. The maximum Gasteiger partial charge on any atom is 0.338 e. The van der Waals surface area contributed by atoms with Gasteiger partial charge in [-0.3, -0.25) is 19.7 Å². The third-order valence-corrected chi connectivity index (χ3v) is 4.73. The Hall–Kier alpha value is -2.21. The third-order valence-electron chi connectivity index (χ3n) is 4.50. The van der Waals surface area contributed by atoms with Gasteiger partial charge in [0.25, 0.3) is 11.8 Å². The fourth-order valence-corrected chi connectivity index (χ4v) is 3.05. The average Bonchev–Trinajstić information content (AvgIpc) is 2.54. The maximum absolute atomic E-state index is 13.0. The molecular formula is C18H21ClN2O4. The molecule has 0 radical (unpaired) electrons. The van der Waals surface area contributed by atoms with Crippen molar-refractivity contribution in [3.8, 4) is 0 Å². The van der Waals surface area contributed by atoms with E-state index < -0.39 is 29.2 Å². The Balaban J connectivity index is 2.40. The number of amides is 5. The largest absolute Gasteiger partial charge is 0.338 e. The van der Waals surface area contributed by atoms with E-state index in [-0.39, 0.29) is 24.3 Å². The van der Waals surface area contributed by atoms with Crippen molar-refractivity contribution in [1.29, 1.82) is 0 Å². The summed E-state index contributed by atoms with van der Waals surface area (Å²) >= 11 is 5.88. The number of barbiturate groups is 1. The highest BCUT2D eigenvalue weighted by molar-refractivity contribution is 6.31. The summed E-state index contributed by atoms with van der Waals surface area (Å²) in [6, 6.07) is 4.96. The number of nitrogens with one attached hydrogen (secondary N) is 1. The summed E-state index contributed by atoms with van der Waals surface area (Å²) < 4.78 is 0. The second-order valence-corrected chi connectivity index (χ2v) is 7.02. The number of nitrogens with zero attached hydrogens (tertiary/aromatic N) is 1. The van der Waals surface area contributed by atoms with E-state index in [9.17, 15) is 19.2 Å². The Morgan fingerprint density at radius 2 is 1.96 bits per heavy atom. The predicted molar refractivity (Wildman–Crippen MR) is 93.0 cm³/mol. The van der Waals surface area contributed by atoms with E-state index in [4.69, 9.17) is 11.6 Å². The summed E-state index contributed by atoms with van der Waals surface area (Å²) in [5.41, 5.74) is -1.30. The molecule has 1 atom stereocenters. The van der Waals surface area contributed by atoms with Crippen molar-refractivity contribution in [1.82, 2.24) is 10.2 Å². The van der Waals surface area contributed by atoms with Crippen LogP contribution in [-0.4, -0.2) is 28.7 Å². The highest BCUT2D eigenvalue weighted by atomic mass is 35.5. The van der Waals surface area contributed by atoms with E-state index in [1.54, 1.807) is 19.1 Å². The number of hydrogen-bond acceptors (Lipinski definition) is 4. The molecule has 7 heteroatoms. The number of halogens is 1. The van der Waals surface area contributed by atoms with Gasteiger partial charge < -0.3 is 0 Å². The third kappa shape index (κ3) is 3.58. The van der Waals surface area contributed by atoms with Gasteiger partial charge in [-0.15, -0.1) is 0 Å². The van der Waals surface area contributed by atoms with E-state index >= 15 is 0 Å². The Labute approximate surface area is 151 Å². The van der Waals surface area contributed by atoms with Crippen LogP contribution in [0.25, 0.3) is 0 Å². The van der Waals surface area contributed by atoms with Gasteiger partial charge in [0.1, 0.15) is 5.41 Å². The van der Waals surface area contributed by atoms with E-state index in [2.05, 4.69) is 5.32 Å². The second kappa shape index (κ2) is 7.35. The minimum Gasteiger partial charge on any atom is -0.276 e. The molecule has 0 bridgehead atoms. The van der Waals surface area contributed by atoms with E-state index in [0.29, 0.717) is 16.3 Å². The Bertz CT molecular complexity index is 732. The van der Waals surface area contributed by atoms with Crippen LogP contribution in [0.2, 0.25) is 5.02 Å². The summed E-state index contributed by atoms with van der Waals surface area (Å²) in [6.45, 7) is 5.67. The molecule has 0 aliphatic carbocycles. The van der Waals surface area contributed by atoms with Gasteiger partial charge in [-0.2, -0.15) is 4.90 Å². The molecule has 1 aliphatic rings. The van der Waals surface area contributed by atoms with Crippen LogP contribution in [0.3, 0.4) is 0 Å². The molecule has 1 heterocycles. The molecule has 0 aromatic heterocycles. The quantitative estimate of drug-likeness (QED) is 0.641. The van der Waals surface area contributed by atoms with Crippen LogP contribution >= 0.6 is 11.6 Å². The number of hydrogen-bond donors (Lipinski definition) is 1. The molecule has 1 N–H and O–H groups in total. The summed E-state index contributed by atoms with van der Waals surface area (Å²) in [7, 11) is 0. The van der Waals surface area contributed by atoms with Crippen LogP contribution in [0.5, 0.6) is 0 Å². The van der Waals surface area contributed by atoms with Gasteiger partial charge in [-0.1, -0.05) is 38.4 Å². The van der Waals surface area contributed by atoms with Crippen molar-refractivity contribution in [2.75, 3.05) is 0 Å². The molecule has 1 aliphatic heterocycles. The Morgan fingerprint density at radius 3 is 2.52 bits per heavy atom. The van der Waals surface area contributed by atoms with Crippen molar-refractivity contribution >= 4 is 35.4 Å². The zero-order chi connectivity index (χ0) is 18.8. The summed E-state index contributed by atoms with van der Waals surface area (Å²) in [4.78, 5) is 50.8. The van der Waals surface area contributed by atoms with Crippen LogP contribution in [0.1, 0.15) is 50.4 Å². The number of benzene rings is 1. The SMILES string of the molecule is CC[C@@]1(CCC(C)C)C(=O)NC(=O)N(C(=O)c2cccc(Cl)c2)C1=O. The van der Waals surface area contributed by atoms with Crippen LogP contribution < -0.4 is 5.32 Å². The number of urea groups is 1. The van der Waals surface area contributed by atoms with Gasteiger partial charge in [0, 0.05) is 10.6 Å². The van der Waals surface area contributed by atoms with Crippen molar-refractivity contribution in [3.63, 3.8) is 0 Å². The highest BCUT2D eigenvalue weighted by Gasteiger charge is 2.54. The number of rotatable bonds is 5. The fourth-order valence-electron chi connectivity index (χ4n) is 2.86. The fraction of sp³-hybridized carbons (Fsp3) is 0.444. The van der Waals surface area contributed by atoms with Crippen LogP contribution in [0.15, 0.2) is 24.3 Å². The molecule has 5 amide bonds. The van der Waals surface area contributed by atoms with Crippen molar-refractivity contribution in [3.05, 3.63) is 34.9 Å². The minimum absolute atomic E-state index is 0.110. The average molecular weight is 365 g/mol. The first-order valence-electron chi connectivity index (χ1n) is 8.22. The first-order chi connectivity index (χ1) is 11.7. The first-order valence-corrected chi connectivity index (χ1v) is 8.60. The first kappa shape index (κ1) is 19.1. The van der Waals surface area contributed by atoms with Gasteiger partial charge >= 0.3 is 6.03 Å². The molecule has 0 spiro atoms. The van der Waals surface area contributed by atoms with E-state index in [1.807, 2.05) is 13.8 Å². The van der Waals surface area contributed by atoms with Crippen LogP contribution in [0, 0.1) is 11.3 Å². The Kier molecular flexibility index (Phi) is 5.62. The second-order valence-electron chi connectivity index (χ2n) is 6.58. The standard InChI is InChI=1S/C18H21ClN2O4/c1-4-18(9-8-11(2)3)15(23)20-17(25)21(16(18)24)14(22)12-6-5-7-13(19)10-12/h5-7,10-11H,4,8-9H2,1-3H3,(H,20,23,25)/t18-/m1/s1. The normalized spacial score (nSPS) is 20.8. The van der Waals surface area contributed by atoms with Gasteiger partial charge in [0.05, 0.1) is 0 Å². The van der Waals surface area contributed by atoms with Gasteiger partial charge in [-0.05, 0) is 43.4 Å². The van der Waals surface area contributed by atoms with Crippen molar-refractivity contribution in [2.24, 2.45) is 11.3 Å². The van der Waals surface area contributed by atoms with Gasteiger partial charge in [-0.25, -0.2) is 4.79 Å². The van der Waals surface area contributed by atoms with E-state index in [1.165, 1.54) is 12.1 Å². The highest BCUT2D eigenvalue weighted by Crippen LogP contribution is 2.35. The lowest BCUT2D eigenvalue weighted by Gasteiger charge is -2.38. The lowest BCUT2D eigenvalue weighted by atomic mass is 9.75. The molecule has 0 saturated carbocycles. The topological polar surface area (TPSA) is 83.6 Å². The smallest absolute Gasteiger partial charge is 0.276 e. The number of carbonyl (C=O) groups is 4. The van der Waals surface area contributed by atoms with Crippen molar-refractivity contribution < 1.29 is 19.2 Å². The zero-order valence-electron chi connectivity index (χ0n) is 14.5. The molecule has 25 heavy (non-hydrogen) atoms. The van der Waals surface area contributed by atoms with Crippen LogP contribution in [0.4, 0.5) is 4.79 Å². The molecule has 0 unspecified atom stereocenters. The molecule has 1 saturated heterocycles. The minimum atomic E-state index is -1.41. The van der Waals surface area contributed by atoms with Crippen molar-refractivity contribution in [2.45, 2.75) is 40.0 Å². The molecule has 134 valence electrons. The molecular weight excluding hydrogens is 344 g/mol. The van der Waals surface area contributed by atoms with Gasteiger partial charge in [0.2, 0.25) is 5.91 Å². The van der Waals surface area contributed by atoms with Gasteiger partial charge in [0.15, 0.2) is 0 Å². The Morgan fingerprint density at radius 1 is 1.28 bits per heavy atom. The van der Waals surface area contributed by atoms with Crippen LogP contribution in [-0.2, 0) is 9.59 Å². The lowest BCUT2D eigenvalue weighted by molar-refractivity contribution is -0.150. The van der Waals surface area contributed by atoms with E-state index in [0.717, 1.165) is 0 Å². The monoisotopic (exact) mass is 364 g/mol. The maximum atomic E-state index is 13.0. The summed E-state index contributed by atoms with van der Waals surface area (Å²) in [6.07, 6.45) is 1.11. The molecule has 2 rings (SSSR count). The number of imide groups is 4. The molecule has 6 nitrogen and oxygen atoms in total.